The van der Waals surface area contributed by atoms with Crippen LogP contribution < -0.4 is 24.8 Å². The van der Waals surface area contributed by atoms with E-state index in [1.165, 1.54) is 18.9 Å². The van der Waals surface area contributed by atoms with Gasteiger partial charge in [-0.25, -0.2) is 0 Å². The molecule has 2 N–H and O–H groups in total. The zero-order valence-corrected chi connectivity index (χ0v) is 19.7. The number of methoxy groups -OCH3 is 3. The van der Waals surface area contributed by atoms with Crippen molar-refractivity contribution in [1.82, 2.24) is 0 Å². The molecule has 0 radical (unpaired) electrons. The molecular weight excluding hydrogens is 440 g/mol. The van der Waals surface area contributed by atoms with E-state index in [0.717, 1.165) is 4.90 Å². The Morgan fingerprint density at radius 3 is 2.18 bits per heavy atom. The van der Waals surface area contributed by atoms with E-state index < -0.39 is 0 Å². The maximum atomic E-state index is 12.6. The Hall–Kier alpha value is -3.65. The largest absolute Gasteiger partial charge is 0.497 e. The zero-order valence-electron chi connectivity index (χ0n) is 18.9. The minimum Gasteiger partial charge on any atom is -0.497 e. The third kappa shape index (κ3) is 6.43. The van der Waals surface area contributed by atoms with Gasteiger partial charge in [0.15, 0.2) is 11.5 Å². The number of hydrogen-bond acceptors (Lipinski definition) is 6. The highest BCUT2D eigenvalue weighted by Crippen LogP contribution is 2.29. The van der Waals surface area contributed by atoms with Crippen LogP contribution in [0.2, 0.25) is 0 Å². The van der Waals surface area contributed by atoms with Gasteiger partial charge in [-0.1, -0.05) is 6.07 Å². The highest BCUT2D eigenvalue weighted by Gasteiger charge is 2.15. The molecule has 1 unspecified atom stereocenters. The molecule has 0 bridgehead atoms. The van der Waals surface area contributed by atoms with E-state index in [1.54, 1.807) is 50.6 Å². The molecular formula is C25H26N2O5S. The van der Waals surface area contributed by atoms with Gasteiger partial charge in [-0.3, -0.25) is 9.59 Å². The molecule has 0 aliphatic rings. The van der Waals surface area contributed by atoms with E-state index in [9.17, 15) is 9.59 Å². The smallest absolute Gasteiger partial charge is 0.255 e. The number of nitrogens with one attached hydrogen (secondary N) is 2. The minimum atomic E-state index is -0.316. The molecule has 33 heavy (non-hydrogen) atoms. The van der Waals surface area contributed by atoms with Gasteiger partial charge in [-0.05, 0) is 61.5 Å². The van der Waals surface area contributed by atoms with Gasteiger partial charge in [0, 0.05) is 27.9 Å². The van der Waals surface area contributed by atoms with Crippen molar-refractivity contribution in [3.05, 3.63) is 72.3 Å². The van der Waals surface area contributed by atoms with Crippen LogP contribution >= 0.6 is 11.8 Å². The number of thioether (sulfide) groups is 1. The average molecular weight is 467 g/mol. The molecule has 0 fully saturated rings. The van der Waals surface area contributed by atoms with Gasteiger partial charge < -0.3 is 24.8 Å². The summed E-state index contributed by atoms with van der Waals surface area (Å²) in [6.07, 6.45) is 0. The highest BCUT2D eigenvalue weighted by molar-refractivity contribution is 8.00. The first-order valence-electron chi connectivity index (χ1n) is 10.2. The molecule has 8 heteroatoms. The van der Waals surface area contributed by atoms with E-state index in [1.807, 2.05) is 37.3 Å². The number of hydrogen-bond donors (Lipinski definition) is 2. The molecule has 0 heterocycles. The summed E-state index contributed by atoms with van der Waals surface area (Å²) in [6.45, 7) is 1.84. The first-order chi connectivity index (χ1) is 15.9. The van der Waals surface area contributed by atoms with Crippen LogP contribution in [0.3, 0.4) is 0 Å². The number of amides is 2. The molecule has 3 aromatic rings. The molecule has 2 amide bonds. The lowest BCUT2D eigenvalue weighted by atomic mass is 10.2. The Balaban J connectivity index is 1.58. The topological polar surface area (TPSA) is 85.9 Å². The third-order valence-electron chi connectivity index (χ3n) is 4.78. The predicted octanol–water partition coefficient (Wildman–Crippen LogP) is 5.08. The minimum absolute atomic E-state index is 0.112. The molecule has 0 aliphatic carbocycles. The summed E-state index contributed by atoms with van der Waals surface area (Å²) in [5, 5.41) is 5.44. The Morgan fingerprint density at radius 2 is 1.52 bits per heavy atom. The second-order valence-corrected chi connectivity index (χ2v) is 8.44. The molecule has 0 saturated heterocycles. The SMILES string of the molecule is COc1cccc(NC(=O)C(C)Sc2ccc(NC(=O)c3ccc(OC)c(OC)c3)cc2)c1. The van der Waals surface area contributed by atoms with Crippen molar-refractivity contribution >= 4 is 35.0 Å². The number of carbonyl (C=O) groups is 2. The van der Waals surface area contributed by atoms with E-state index in [4.69, 9.17) is 14.2 Å². The number of carbonyl (C=O) groups excluding carboxylic acids is 2. The van der Waals surface area contributed by atoms with Crippen LogP contribution in [0.4, 0.5) is 11.4 Å². The van der Waals surface area contributed by atoms with Crippen molar-refractivity contribution < 1.29 is 23.8 Å². The van der Waals surface area contributed by atoms with Crippen molar-refractivity contribution in [3.8, 4) is 17.2 Å². The van der Waals surface area contributed by atoms with Gasteiger partial charge in [0.1, 0.15) is 5.75 Å². The molecule has 0 aromatic heterocycles. The fourth-order valence-electron chi connectivity index (χ4n) is 3.00. The van der Waals surface area contributed by atoms with Gasteiger partial charge in [-0.2, -0.15) is 0 Å². The van der Waals surface area contributed by atoms with E-state index in [0.29, 0.717) is 34.2 Å². The van der Waals surface area contributed by atoms with Gasteiger partial charge in [-0.15, -0.1) is 11.8 Å². The maximum Gasteiger partial charge on any atom is 0.255 e. The number of benzene rings is 3. The Labute approximate surface area is 197 Å². The summed E-state index contributed by atoms with van der Waals surface area (Å²) in [7, 11) is 4.65. The molecule has 0 saturated carbocycles. The summed E-state index contributed by atoms with van der Waals surface area (Å²) in [6, 6.07) is 19.5. The van der Waals surface area contributed by atoms with E-state index in [-0.39, 0.29) is 17.1 Å². The van der Waals surface area contributed by atoms with Gasteiger partial charge in [0.25, 0.3) is 5.91 Å². The second-order valence-electron chi connectivity index (χ2n) is 7.03. The molecule has 172 valence electrons. The van der Waals surface area contributed by atoms with Crippen LogP contribution in [0, 0.1) is 0 Å². The first-order valence-corrected chi connectivity index (χ1v) is 11.1. The molecule has 3 aromatic carbocycles. The number of rotatable bonds is 9. The van der Waals surface area contributed by atoms with Crippen molar-refractivity contribution in [2.45, 2.75) is 17.1 Å². The van der Waals surface area contributed by atoms with Crippen molar-refractivity contribution in [2.75, 3.05) is 32.0 Å². The summed E-state index contributed by atoms with van der Waals surface area (Å²) in [4.78, 5) is 26.0. The molecule has 7 nitrogen and oxygen atoms in total. The first kappa shape index (κ1) is 24.0. The monoisotopic (exact) mass is 466 g/mol. The van der Waals surface area contributed by atoms with Crippen LogP contribution in [0.25, 0.3) is 0 Å². The van der Waals surface area contributed by atoms with Gasteiger partial charge >= 0.3 is 0 Å². The Bertz CT molecular complexity index is 1120. The predicted molar refractivity (Wildman–Crippen MR) is 131 cm³/mol. The van der Waals surface area contributed by atoms with Crippen LogP contribution in [0.5, 0.6) is 17.2 Å². The molecule has 0 aliphatic heterocycles. The Morgan fingerprint density at radius 1 is 0.788 bits per heavy atom. The van der Waals surface area contributed by atoms with Gasteiger partial charge in [0.05, 0.1) is 26.6 Å². The van der Waals surface area contributed by atoms with E-state index in [2.05, 4.69) is 10.6 Å². The summed E-state index contributed by atoms with van der Waals surface area (Å²) in [5.41, 5.74) is 1.78. The summed E-state index contributed by atoms with van der Waals surface area (Å²) < 4.78 is 15.6. The fraction of sp³-hybridized carbons (Fsp3) is 0.200. The summed E-state index contributed by atoms with van der Waals surface area (Å²) >= 11 is 1.43. The third-order valence-corrected chi connectivity index (χ3v) is 5.89. The van der Waals surface area contributed by atoms with Crippen molar-refractivity contribution in [1.29, 1.82) is 0 Å². The lowest BCUT2D eigenvalue weighted by Gasteiger charge is -2.13. The lowest BCUT2D eigenvalue weighted by molar-refractivity contribution is -0.115. The van der Waals surface area contributed by atoms with Crippen LogP contribution in [-0.4, -0.2) is 38.4 Å². The normalized spacial score (nSPS) is 11.3. The zero-order chi connectivity index (χ0) is 23.8. The fourth-order valence-corrected chi connectivity index (χ4v) is 3.87. The maximum absolute atomic E-state index is 12.6. The quantitative estimate of drug-likeness (QED) is 0.428. The van der Waals surface area contributed by atoms with Gasteiger partial charge in [0.2, 0.25) is 5.91 Å². The molecule has 3 rings (SSSR count). The highest BCUT2D eigenvalue weighted by atomic mass is 32.2. The number of anilines is 2. The van der Waals surface area contributed by atoms with Crippen LogP contribution in [0.1, 0.15) is 17.3 Å². The van der Waals surface area contributed by atoms with E-state index >= 15 is 0 Å². The number of ether oxygens (including phenoxy) is 3. The second kappa shape index (κ2) is 11.3. The summed E-state index contributed by atoms with van der Waals surface area (Å²) in [5.74, 6) is 1.35. The Kier molecular flexibility index (Phi) is 8.21. The van der Waals surface area contributed by atoms with Crippen molar-refractivity contribution in [2.24, 2.45) is 0 Å². The molecule has 1 atom stereocenters. The van der Waals surface area contributed by atoms with Crippen molar-refractivity contribution in [3.63, 3.8) is 0 Å². The standard InChI is InChI=1S/C25H26N2O5S/c1-16(24(28)27-19-6-5-7-20(15-19)30-2)33-21-11-9-18(10-12-21)26-25(29)17-8-13-22(31-3)23(14-17)32-4/h5-16H,1-4H3,(H,26,29)(H,27,28). The van der Waals surface area contributed by atoms with Crippen LogP contribution in [-0.2, 0) is 4.79 Å². The molecule has 0 spiro atoms. The average Bonchev–Trinajstić information content (AvgIpc) is 2.84. The lowest BCUT2D eigenvalue weighted by Crippen LogP contribution is -2.22. The van der Waals surface area contributed by atoms with Crippen LogP contribution in [0.15, 0.2) is 71.6 Å².